The molecule has 9 nitrogen and oxygen atoms in total. The van der Waals surface area contributed by atoms with E-state index in [2.05, 4.69) is 20.6 Å². The van der Waals surface area contributed by atoms with Gasteiger partial charge in [-0.25, -0.2) is 0 Å². The second-order valence-electron chi connectivity index (χ2n) is 6.58. The van der Waals surface area contributed by atoms with Crippen molar-refractivity contribution in [3.05, 3.63) is 54.6 Å². The number of rotatable bonds is 6. The number of thioether (sulfide) groups is 1. The first kappa shape index (κ1) is 19.2. The topological polar surface area (TPSA) is 99.9 Å². The molecular weight excluding hydrogens is 418 g/mol. The Hall–Kier alpha value is -3.79. The van der Waals surface area contributed by atoms with Gasteiger partial charge in [-0.2, -0.15) is 9.61 Å². The van der Waals surface area contributed by atoms with Gasteiger partial charge in [-0.1, -0.05) is 23.9 Å². The summed E-state index contributed by atoms with van der Waals surface area (Å²) >= 11 is 1.25. The van der Waals surface area contributed by atoms with Gasteiger partial charge in [0.1, 0.15) is 5.75 Å². The Bertz CT molecular complexity index is 1280. The lowest BCUT2D eigenvalue weighted by atomic mass is 10.1. The maximum Gasteiger partial charge on any atom is 0.234 e. The van der Waals surface area contributed by atoms with Gasteiger partial charge >= 0.3 is 0 Å². The van der Waals surface area contributed by atoms with Crippen LogP contribution in [0.5, 0.6) is 17.2 Å². The molecule has 1 N–H and O–H groups in total. The van der Waals surface area contributed by atoms with E-state index in [1.165, 1.54) is 11.8 Å². The first-order valence-corrected chi connectivity index (χ1v) is 10.4. The Morgan fingerprint density at radius 2 is 2.00 bits per heavy atom. The Balaban J connectivity index is 1.33. The molecule has 0 saturated heterocycles. The molecule has 4 aromatic rings. The molecule has 10 heteroatoms. The molecule has 156 valence electrons. The molecule has 1 amide bonds. The van der Waals surface area contributed by atoms with E-state index >= 15 is 0 Å². The van der Waals surface area contributed by atoms with Crippen molar-refractivity contribution >= 4 is 29.0 Å². The van der Waals surface area contributed by atoms with Crippen molar-refractivity contribution in [2.45, 2.75) is 5.16 Å². The molecule has 1 aliphatic heterocycles. The number of hydrogen-bond acceptors (Lipinski definition) is 8. The van der Waals surface area contributed by atoms with Crippen LogP contribution < -0.4 is 19.5 Å². The zero-order valence-corrected chi connectivity index (χ0v) is 17.3. The lowest BCUT2D eigenvalue weighted by molar-refractivity contribution is -0.113. The molecule has 2 aromatic carbocycles. The average molecular weight is 435 g/mol. The fraction of sp³-hybridized carbons (Fsp3) is 0.143. The zero-order valence-electron chi connectivity index (χ0n) is 16.4. The second kappa shape index (κ2) is 8.15. The Morgan fingerprint density at radius 1 is 1.13 bits per heavy atom. The zero-order chi connectivity index (χ0) is 21.2. The fourth-order valence-corrected chi connectivity index (χ4v) is 3.82. The van der Waals surface area contributed by atoms with Crippen LogP contribution >= 0.6 is 11.8 Å². The highest BCUT2D eigenvalue weighted by atomic mass is 32.2. The van der Waals surface area contributed by atoms with E-state index in [0.717, 1.165) is 11.3 Å². The lowest BCUT2D eigenvalue weighted by Crippen LogP contribution is -2.15. The molecule has 0 fully saturated rings. The summed E-state index contributed by atoms with van der Waals surface area (Å²) in [6, 6.07) is 16.6. The van der Waals surface area contributed by atoms with E-state index in [9.17, 15) is 4.79 Å². The fourth-order valence-electron chi connectivity index (χ4n) is 3.13. The van der Waals surface area contributed by atoms with Crippen molar-refractivity contribution in [2.75, 3.05) is 25.0 Å². The van der Waals surface area contributed by atoms with Crippen molar-refractivity contribution in [2.24, 2.45) is 0 Å². The van der Waals surface area contributed by atoms with Gasteiger partial charge in [0.05, 0.1) is 24.2 Å². The first-order chi connectivity index (χ1) is 15.2. The van der Waals surface area contributed by atoms with Crippen LogP contribution in [0.15, 0.2) is 59.8 Å². The minimum atomic E-state index is -0.182. The highest BCUT2D eigenvalue weighted by molar-refractivity contribution is 7.99. The molecule has 1 aliphatic rings. The molecule has 2 aromatic heterocycles. The van der Waals surface area contributed by atoms with E-state index < -0.39 is 0 Å². The number of benzene rings is 2. The third-order valence-electron chi connectivity index (χ3n) is 4.62. The van der Waals surface area contributed by atoms with E-state index in [1.807, 2.05) is 42.5 Å². The summed E-state index contributed by atoms with van der Waals surface area (Å²) in [6.45, 7) is 0.217. The SMILES string of the molecule is COc1ccccc1NC(=O)CSc1nnc2ccc(-c3ccc4c(c3)OCO4)nn12. The number of aromatic nitrogens is 4. The van der Waals surface area contributed by atoms with Crippen molar-refractivity contribution < 1.29 is 19.0 Å². The normalized spacial score (nSPS) is 12.2. The molecule has 0 aliphatic carbocycles. The van der Waals surface area contributed by atoms with Gasteiger partial charge in [0.2, 0.25) is 17.9 Å². The maximum atomic E-state index is 12.4. The predicted octanol–water partition coefficient (Wildman–Crippen LogP) is 3.26. The van der Waals surface area contributed by atoms with Gasteiger partial charge in [-0.05, 0) is 42.5 Å². The molecule has 0 saturated carbocycles. The quantitative estimate of drug-likeness (QED) is 0.461. The number of anilines is 1. The minimum Gasteiger partial charge on any atom is -0.495 e. The highest BCUT2D eigenvalue weighted by Gasteiger charge is 2.16. The van der Waals surface area contributed by atoms with Gasteiger partial charge in [0, 0.05) is 5.56 Å². The van der Waals surface area contributed by atoms with Crippen LogP contribution in [0.2, 0.25) is 0 Å². The Morgan fingerprint density at radius 3 is 2.90 bits per heavy atom. The Kier molecular flexibility index (Phi) is 5.04. The van der Waals surface area contributed by atoms with Crippen molar-refractivity contribution in [3.63, 3.8) is 0 Å². The van der Waals surface area contributed by atoms with Crippen LogP contribution in [0, 0.1) is 0 Å². The molecule has 0 bridgehead atoms. The van der Waals surface area contributed by atoms with Crippen molar-refractivity contribution in [1.29, 1.82) is 0 Å². The molecule has 0 radical (unpaired) electrons. The molecule has 3 heterocycles. The second-order valence-corrected chi connectivity index (χ2v) is 7.52. The largest absolute Gasteiger partial charge is 0.495 e. The Labute approximate surface area is 181 Å². The predicted molar refractivity (Wildman–Crippen MR) is 115 cm³/mol. The molecular formula is C21H17N5O4S. The van der Waals surface area contributed by atoms with Crippen LogP contribution in [0.3, 0.4) is 0 Å². The van der Waals surface area contributed by atoms with Crippen LogP contribution in [0.1, 0.15) is 0 Å². The molecule has 31 heavy (non-hydrogen) atoms. The monoisotopic (exact) mass is 435 g/mol. The van der Waals surface area contributed by atoms with Crippen molar-refractivity contribution in [1.82, 2.24) is 19.8 Å². The number of methoxy groups -OCH3 is 1. The van der Waals surface area contributed by atoms with Gasteiger partial charge in [-0.3, -0.25) is 4.79 Å². The number of nitrogens with zero attached hydrogens (tertiary/aromatic N) is 4. The molecule has 0 atom stereocenters. The smallest absolute Gasteiger partial charge is 0.234 e. The summed E-state index contributed by atoms with van der Waals surface area (Å²) in [5.74, 6) is 1.97. The highest BCUT2D eigenvalue weighted by Crippen LogP contribution is 2.35. The van der Waals surface area contributed by atoms with E-state index in [-0.39, 0.29) is 18.5 Å². The van der Waals surface area contributed by atoms with Crippen LogP contribution in [-0.2, 0) is 4.79 Å². The number of carbonyl (C=O) groups is 1. The molecule has 0 spiro atoms. The van der Waals surface area contributed by atoms with E-state index in [4.69, 9.17) is 14.2 Å². The summed E-state index contributed by atoms with van der Waals surface area (Å²) in [4.78, 5) is 12.4. The lowest BCUT2D eigenvalue weighted by Gasteiger charge is -2.09. The summed E-state index contributed by atoms with van der Waals surface area (Å²) in [5.41, 5.74) is 2.82. The number of hydrogen-bond donors (Lipinski definition) is 1. The summed E-state index contributed by atoms with van der Waals surface area (Å²) in [6.07, 6.45) is 0. The van der Waals surface area contributed by atoms with E-state index in [1.54, 1.807) is 23.8 Å². The summed E-state index contributed by atoms with van der Waals surface area (Å²) in [7, 11) is 1.56. The first-order valence-electron chi connectivity index (χ1n) is 9.39. The maximum absolute atomic E-state index is 12.4. The molecule has 0 unspecified atom stereocenters. The number of carbonyl (C=O) groups excluding carboxylic acids is 1. The van der Waals surface area contributed by atoms with Crippen LogP contribution in [0.25, 0.3) is 16.9 Å². The number of amides is 1. The standard InChI is InChI=1S/C21H17N5O4S/c1-28-16-5-3-2-4-15(16)22-20(27)11-31-21-24-23-19-9-7-14(25-26(19)21)13-6-8-17-18(10-13)30-12-29-17/h2-10H,11-12H2,1H3,(H,22,27). The minimum absolute atomic E-state index is 0.148. The number of nitrogens with one attached hydrogen (secondary N) is 1. The van der Waals surface area contributed by atoms with Gasteiger partial charge < -0.3 is 19.5 Å². The number of ether oxygens (including phenoxy) is 3. The third kappa shape index (κ3) is 3.84. The van der Waals surface area contributed by atoms with Crippen LogP contribution in [-0.4, -0.2) is 45.4 Å². The van der Waals surface area contributed by atoms with E-state index in [0.29, 0.717) is 33.7 Å². The van der Waals surface area contributed by atoms with Gasteiger partial charge in [0.15, 0.2) is 17.1 Å². The summed E-state index contributed by atoms with van der Waals surface area (Å²) < 4.78 is 17.7. The van der Waals surface area contributed by atoms with Gasteiger partial charge in [-0.15, -0.1) is 10.2 Å². The van der Waals surface area contributed by atoms with Crippen LogP contribution in [0.4, 0.5) is 5.69 Å². The average Bonchev–Trinajstić information content (AvgIpc) is 3.44. The summed E-state index contributed by atoms with van der Waals surface area (Å²) in [5, 5.41) is 16.3. The number of fused-ring (bicyclic) bond motifs is 2. The van der Waals surface area contributed by atoms with Gasteiger partial charge in [0.25, 0.3) is 0 Å². The third-order valence-corrected chi connectivity index (χ3v) is 5.54. The number of para-hydroxylation sites is 2. The van der Waals surface area contributed by atoms with Crippen molar-refractivity contribution in [3.8, 4) is 28.5 Å². The molecule has 5 rings (SSSR count).